The molecule has 1 saturated carbocycles. The van der Waals surface area contributed by atoms with E-state index in [1.807, 2.05) is 26.2 Å². The number of nitrogens with zero attached hydrogens (tertiary/aromatic N) is 1. The van der Waals surface area contributed by atoms with Gasteiger partial charge in [-0.3, -0.25) is 4.98 Å². The fraction of sp³-hybridized carbons (Fsp3) is 0.667. The van der Waals surface area contributed by atoms with Gasteiger partial charge < -0.3 is 5.32 Å². The summed E-state index contributed by atoms with van der Waals surface area (Å²) in [4.78, 5) is 4.23. The first-order valence-corrected chi connectivity index (χ1v) is 9.16. The molecule has 1 N–H and O–H groups in total. The van der Waals surface area contributed by atoms with E-state index in [4.69, 9.17) is 0 Å². The molecule has 3 unspecified atom stereocenters. The van der Waals surface area contributed by atoms with Crippen molar-refractivity contribution < 1.29 is 8.42 Å². The molecule has 1 aliphatic carbocycles. The summed E-state index contributed by atoms with van der Waals surface area (Å²) in [5.74, 6) is 0.371. The van der Waals surface area contributed by atoms with Gasteiger partial charge in [0.15, 0.2) is 0 Å². The molecule has 0 aliphatic heterocycles. The van der Waals surface area contributed by atoms with Crippen LogP contribution < -0.4 is 5.32 Å². The maximum Gasteiger partial charge on any atom is 0.150 e. The molecule has 1 aromatic rings. The average Bonchev–Trinajstić information content (AvgIpc) is 2.39. The van der Waals surface area contributed by atoms with E-state index < -0.39 is 9.84 Å². The Bertz CT molecular complexity index is 557. The fourth-order valence-electron chi connectivity index (χ4n) is 3.31. The molecule has 0 spiro atoms. The van der Waals surface area contributed by atoms with Crippen molar-refractivity contribution in [2.24, 2.45) is 5.92 Å². The van der Waals surface area contributed by atoms with E-state index in [-0.39, 0.29) is 11.3 Å². The molecular weight excluding hydrogens is 272 g/mol. The van der Waals surface area contributed by atoms with E-state index in [0.717, 1.165) is 31.4 Å². The van der Waals surface area contributed by atoms with Crippen LogP contribution in [0.5, 0.6) is 0 Å². The van der Waals surface area contributed by atoms with Gasteiger partial charge in [0.2, 0.25) is 0 Å². The van der Waals surface area contributed by atoms with Crippen molar-refractivity contribution in [3.05, 3.63) is 29.6 Å². The number of nitrogens with one attached hydrogen (secondary N) is 1. The Morgan fingerprint density at radius 1 is 1.40 bits per heavy atom. The lowest BCUT2D eigenvalue weighted by Gasteiger charge is -2.34. The van der Waals surface area contributed by atoms with Gasteiger partial charge in [-0.15, -0.1) is 0 Å². The van der Waals surface area contributed by atoms with Crippen LogP contribution in [0.15, 0.2) is 18.3 Å². The molecule has 112 valence electrons. The topological polar surface area (TPSA) is 59.1 Å². The monoisotopic (exact) mass is 296 g/mol. The highest BCUT2D eigenvalue weighted by Crippen LogP contribution is 2.36. The predicted molar refractivity (Wildman–Crippen MR) is 81.4 cm³/mol. The summed E-state index contributed by atoms with van der Waals surface area (Å²) in [5, 5.41) is 3.18. The number of rotatable bonds is 4. The van der Waals surface area contributed by atoms with Crippen molar-refractivity contribution in [1.82, 2.24) is 10.3 Å². The highest BCUT2D eigenvalue weighted by atomic mass is 32.2. The summed E-state index contributed by atoms with van der Waals surface area (Å²) in [6.45, 7) is 1.98. The van der Waals surface area contributed by atoms with E-state index in [9.17, 15) is 8.42 Å². The van der Waals surface area contributed by atoms with Gasteiger partial charge in [-0.25, -0.2) is 8.42 Å². The third-order valence-corrected chi connectivity index (χ3v) is 5.97. The van der Waals surface area contributed by atoms with Crippen molar-refractivity contribution >= 4 is 9.84 Å². The number of aryl methyl sites for hydroxylation is 1. The molecule has 0 aromatic carbocycles. The van der Waals surface area contributed by atoms with Crippen LogP contribution in [0, 0.1) is 12.8 Å². The lowest BCUT2D eigenvalue weighted by molar-refractivity contribution is 0.282. The van der Waals surface area contributed by atoms with Crippen LogP contribution in [0.2, 0.25) is 0 Å². The molecule has 1 fully saturated rings. The van der Waals surface area contributed by atoms with Crippen LogP contribution in [0.25, 0.3) is 0 Å². The second-order valence-corrected chi connectivity index (χ2v) is 8.20. The first kappa shape index (κ1) is 15.4. The molecule has 5 heteroatoms. The van der Waals surface area contributed by atoms with Crippen LogP contribution in [0.1, 0.15) is 43.0 Å². The van der Waals surface area contributed by atoms with Gasteiger partial charge >= 0.3 is 0 Å². The largest absolute Gasteiger partial charge is 0.313 e. The van der Waals surface area contributed by atoms with Gasteiger partial charge in [-0.2, -0.15) is 0 Å². The standard InChI is InChI=1S/C15H24N2O2S/c1-11-9-13(7-8-17-11)15(16-2)12-5-4-6-14(10-12)20(3,18)19/h7-9,12,14-16H,4-6,10H2,1-3H3. The van der Waals surface area contributed by atoms with Gasteiger partial charge in [0.1, 0.15) is 9.84 Å². The predicted octanol–water partition coefficient (Wildman–Crippen LogP) is 2.25. The summed E-state index contributed by atoms with van der Waals surface area (Å²) in [7, 11) is -0.982. The minimum atomic E-state index is -2.93. The first-order chi connectivity index (χ1) is 9.41. The van der Waals surface area contributed by atoms with Gasteiger partial charge in [0.05, 0.1) is 5.25 Å². The van der Waals surface area contributed by atoms with Gasteiger partial charge in [-0.1, -0.05) is 6.42 Å². The molecule has 0 bridgehead atoms. The van der Waals surface area contributed by atoms with Crippen LogP contribution in [-0.4, -0.2) is 32.0 Å². The Hall–Kier alpha value is -0.940. The smallest absolute Gasteiger partial charge is 0.150 e. The van der Waals surface area contributed by atoms with E-state index >= 15 is 0 Å². The Labute approximate surface area is 121 Å². The second-order valence-electron chi connectivity index (χ2n) is 5.88. The zero-order chi connectivity index (χ0) is 14.8. The zero-order valence-corrected chi connectivity index (χ0v) is 13.3. The van der Waals surface area contributed by atoms with Gasteiger partial charge in [0, 0.05) is 24.2 Å². The lowest BCUT2D eigenvalue weighted by atomic mass is 9.81. The van der Waals surface area contributed by atoms with Crippen molar-refractivity contribution in [2.75, 3.05) is 13.3 Å². The van der Waals surface area contributed by atoms with Crippen LogP contribution in [0.3, 0.4) is 0 Å². The zero-order valence-electron chi connectivity index (χ0n) is 12.5. The maximum atomic E-state index is 11.8. The highest BCUT2D eigenvalue weighted by Gasteiger charge is 2.33. The third kappa shape index (κ3) is 3.58. The molecular formula is C15H24N2O2S. The van der Waals surface area contributed by atoms with Gasteiger partial charge in [0.25, 0.3) is 0 Å². The number of sulfone groups is 1. The molecule has 0 saturated heterocycles. The Morgan fingerprint density at radius 2 is 2.15 bits per heavy atom. The van der Waals surface area contributed by atoms with Gasteiger partial charge in [-0.05, 0) is 56.8 Å². The summed E-state index contributed by atoms with van der Waals surface area (Å²) < 4.78 is 23.6. The highest BCUT2D eigenvalue weighted by molar-refractivity contribution is 7.91. The third-order valence-electron chi connectivity index (χ3n) is 4.33. The quantitative estimate of drug-likeness (QED) is 0.926. The molecule has 20 heavy (non-hydrogen) atoms. The molecule has 2 rings (SSSR count). The summed E-state index contributed by atoms with van der Waals surface area (Å²) >= 11 is 0. The Morgan fingerprint density at radius 3 is 2.75 bits per heavy atom. The Balaban J connectivity index is 2.19. The molecule has 3 atom stereocenters. The van der Waals surface area contributed by atoms with Crippen molar-refractivity contribution in [3.63, 3.8) is 0 Å². The summed E-state index contributed by atoms with van der Waals surface area (Å²) in [6.07, 6.45) is 6.83. The van der Waals surface area contributed by atoms with Crippen molar-refractivity contribution in [3.8, 4) is 0 Å². The van der Waals surface area contributed by atoms with E-state index in [1.54, 1.807) is 0 Å². The maximum absolute atomic E-state index is 11.8. The average molecular weight is 296 g/mol. The number of hydrogen-bond donors (Lipinski definition) is 1. The molecule has 0 radical (unpaired) electrons. The van der Waals surface area contributed by atoms with Crippen molar-refractivity contribution in [1.29, 1.82) is 0 Å². The number of hydrogen-bond acceptors (Lipinski definition) is 4. The minimum absolute atomic E-state index is 0.181. The second kappa shape index (κ2) is 6.22. The Kier molecular flexibility index (Phi) is 4.81. The number of aromatic nitrogens is 1. The van der Waals surface area contributed by atoms with Crippen LogP contribution >= 0.6 is 0 Å². The molecule has 1 aromatic heterocycles. The normalized spacial score (nSPS) is 25.4. The number of pyridine rings is 1. The minimum Gasteiger partial charge on any atom is -0.313 e. The van der Waals surface area contributed by atoms with E-state index in [2.05, 4.69) is 16.4 Å². The molecule has 0 amide bonds. The first-order valence-electron chi connectivity index (χ1n) is 7.20. The molecule has 1 aliphatic rings. The molecule has 4 nitrogen and oxygen atoms in total. The lowest BCUT2D eigenvalue weighted by Crippen LogP contribution is -2.34. The molecule has 1 heterocycles. The summed E-state index contributed by atoms with van der Waals surface area (Å²) in [5.41, 5.74) is 2.21. The summed E-state index contributed by atoms with van der Waals surface area (Å²) in [6, 6.07) is 4.32. The van der Waals surface area contributed by atoms with Crippen LogP contribution in [-0.2, 0) is 9.84 Å². The fourth-order valence-corrected chi connectivity index (χ4v) is 4.50. The van der Waals surface area contributed by atoms with E-state index in [1.165, 1.54) is 11.8 Å². The SMILES string of the molecule is CNC(c1ccnc(C)c1)C1CCCC(S(C)(=O)=O)C1. The van der Waals surface area contributed by atoms with Crippen LogP contribution in [0.4, 0.5) is 0 Å². The van der Waals surface area contributed by atoms with Crippen molar-refractivity contribution in [2.45, 2.75) is 43.9 Å². The van der Waals surface area contributed by atoms with E-state index in [0.29, 0.717) is 5.92 Å².